The van der Waals surface area contributed by atoms with E-state index < -0.39 is 12.2 Å². The third-order valence-electron chi connectivity index (χ3n) is 2.08. The molecule has 8 nitrogen and oxygen atoms in total. The Labute approximate surface area is 97.7 Å². The molecule has 0 saturated carbocycles. The van der Waals surface area contributed by atoms with E-state index in [9.17, 15) is 15.0 Å². The molecule has 1 heterocycles. The predicted octanol–water partition coefficient (Wildman–Crippen LogP) is -1.83. The van der Waals surface area contributed by atoms with Crippen molar-refractivity contribution in [2.45, 2.75) is 19.1 Å². The Bertz CT molecular complexity index is 412. The molecule has 0 aliphatic heterocycles. The van der Waals surface area contributed by atoms with E-state index in [2.05, 4.69) is 15.3 Å². The lowest BCUT2D eigenvalue weighted by molar-refractivity contribution is -0.119. The fraction of sp³-hybridized carbons (Fsp3) is 0.444. The van der Waals surface area contributed by atoms with E-state index in [0.29, 0.717) is 0 Å². The van der Waals surface area contributed by atoms with Crippen LogP contribution in [0.15, 0.2) is 6.20 Å². The van der Waals surface area contributed by atoms with Crippen molar-refractivity contribution >= 4 is 17.5 Å². The SMILES string of the molecule is CC(=O)NCC(O)C(O)c1cnc(N)c(N)n1. The molecule has 94 valence electrons. The summed E-state index contributed by atoms with van der Waals surface area (Å²) in [7, 11) is 0. The van der Waals surface area contributed by atoms with Gasteiger partial charge < -0.3 is 27.0 Å². The van der Waals surface area contributed by atoms with Crippen LogP contribution < -0.4 is 16.8 Å². The molecule has 0 radical (unpaired) electrons. The van der Waals surface area contributed by atoms with Crippen LogP contribution in [0.25, 0.3) is 0 Å². The van der Waals surface area contributed by atoms with Crippen LogP contribution in [0, 0.1) is 0 Å². The first kappa shape index (κ1) is 13.1. The van der Waals surface area contributed by atoms with Gasteiger partial charge in [0.1, 0.15) is 12.2 Å². The van der Waals surface area contributed by atoms with Crippen LogP contribution in [0.3, 0.4) is 0 Å². The normalized spacial score (nSPS) is 14.1. The number of carbonyl (C=O) groups excluding carboxylic acids is 1. The van der Waals surface area contributed by atoms with E-state index in [4.69, 9.17) is 11.5 Å². The smallest absolute Gasteiger partial charge is 0.216 e. The summed E-state index contributed by atoms with van der Waals surface area (Å²) < 4.78 is 0. The molecule has 2 atom stereocenters. The van der Waals surface area contributed by atoms with E-state index in [-0.39, 0.29) is 29.8 Å². The Balaban J connectivity index is 2.70. The van der Waals surface area contributed by atoms with Crippen molar-refractivity contribution in [3.63, 3.8) is 0 Å². The molecule has 0 saturated heterocycles. The molecular formula is C9H15N5O3. The van der Waals surface area contributed by atoms with Gasteiger partial charge in [-0.3, -0.25) is 4.79 Å². The van der Waals surface area contributed by atoms with Gasteiger partial charge in [-0.1, -0.05) is 0 Å². The molecule has 17 heavy (non-hydrogen) atoms. The summed E-state index contributed by atoms with van der Waals surface area (Å²) in [6, 6.07) is 0. The molecule has 0 aliphatic carbocycles. The number of rotatable bonds is 4. The summed E-state index contributed by atoms with van der Waals surface area (Å²) in [5.41, 5.74) is 10.9. The third-order valence-corrected chi connectivity index (χ3v) is 2.08. The maximum Gasteiger partial charge on any atom is 0.216 e. The highest BCUT2D eigenvalue weighted by atomic mass is 16.3. The number of hydrogen-bond acceptors (Lipinski definition) is 7. The number of anilines is 2. The van der Waals surface area contributed by atoms with Gasteiger partial charge in [-0.2, -0.15) is 0 Å². The predicted molar refractivity (Wildman–Crippen MR) is 60.5 cm³/mol. The van der Waals surface area contributed by atoms with E-state index in [1.54, 1.807) is 0 Å². The van der Waals surface area contributed by atoms with Crippen LogP contribution >= 0.6 is 0 Å². The van der Waals surface area contributed by atoms with Crippen LogP contribution in [-0.4, -0.2) is 38.7 Å². The number of hydrogen-bond donors (Lipinski definition) is 5. The minimum Gasteiger partial charge on any atom is -0.388 e. The van der Waals surface area contributed by atoms with Gasteiger partial charge in [-0.25, -0.2) is 9.97 Å². The average Bonchev–Trinajstić information content (AvgIpc) is 2.28. The van der Waals surface area contributed by atoms with Gasteiger partial charge in [0.05, 0.1) is 11.9 Å². The molecule has 0 bridgehead atoms. The summed E-state index contributed by atoms with van der Waals surface area (Å²) in [6.07, 6.45) is -1.28. The maximum atomic E-state index is 10.6. The molecule has 1 aromatic heterocycles. The van der Waals surface area contributed by atoms with Crippen LogP contribution in [-0.2, 0) is 4.79 Å². The number of aromatic nitrogens is 2. The lowest BCUT2D eigenvalue weighted by Crippen LogP contribution is -2.34. The number of nitrogens with two attached hydrogens (primary N) is 2. The van der Waals surface area contributed by atoms with E-state index in [1.165, 1.54) is 13.1 Å². The zero-order chi connectivity index (χ0) is 13.0. The lowest BCUT2D eigenvalue weighted by Gasteiger charge is -2.17. The van der Waals surface area contributed by atoms with Crippen molar-refractivity contribution in [2.24, 2.45) is 0 Å². The quantitative estimate of drug-likeness (QED) is 0.416. The second-order valence-electron chi connectivity index (χ2n) is 3.51. The molecule has 0 aromatic carbocycles. The largest absolute Gasteiger partial charge is 0.388 e. The van der Waals surface area contributed by atoms with Crippen molar-refractivity contribution in [3.05, 3.63) is 11.9 Å². The molecule has 1 aromatic rings. The average molecular weight is 241 g/mol. The van der Waals surface area contributed by atoms with E-state index >= 15 is 0 Å². The summed E-state index contributed by atoms with van der Waals surface area (Å²) in [5.74, 6) is -0.273. The van der Waals surface area contributed by atoms with Gasteiger partial charge in [-0.05, 0) is 0 Å². The van der Waals surface area contributed by atoms with Gasteiger partial charge in [0, 0.05) is 13.5 Å². The van der Waals surface area contributed by atoms with Crippen LogP contribution in [0.5, 0.6) is 0 Å². The number of aliphatic hydroxyl groups excluding tert-OH is 2. The summed E-state index contributed by atoms with van der Waals surface area (Å²) >= 11 is 0. The zero-order valence-corrected chi connectivity index (χ0v) is 9.29. The second-order valence-corrected chi connectivity index (χ2v) is 3.51. The number of nitrogens with one attached hydrogen (secondary N) is 1. The Hall–Kier alpha value is -1.93. The summed E-state index contributed by atoms with van der Waals surface area (Å²) in [5, 5.41) is 21.7. The molecule has 0 fully saturated rings. The van der Waals surface area contributed by atoms with Crippen molar-refractivity contribution in [3.8, 4) is 0 Å². The first-order valence-electron chi connectivity index (χ1n) is 4.90. The topological polar surface area (TPSA) is 147 Å². The van der Waals surface area contributed by atoms with E-state index in [0.717, 1.165) is 0 Å². The first-order chi connectivity index (χ1) is 7.91. The molecule has 0 aliphatic rings. The van der Waals surface area contributed by atoms with Crippen LogP contribution in [0.1, 0.15) is 18.7 Å². The monoisotopic (exact) mass is 241 g/mol. The van der Waals surface area contributed by atoms with Gasteiger partial charge in [-0.15, -0.1) is 0 Å². The van der Waals surface area contributed by atoms with Crippen LogP contribution in [0.2, 0.25) is 0 Å². The Morgan fingerprint density at radius 2 is 2.12 bits per heavy atom. The lowest BCUT2D eigenvalue weighted by atomic mass is 10.1. The summed E-state index contributed by atoms with van der Waals surface area (Å²) in [6.45, 7) is 1.21. The van der Waals surface area contributed by atoms with Crippen molar-refractivity contribution < 1.29 is 15.0 Å². The van der Waals surface area contributed by atoms with Crippen LogP contribution in [0.4, 0.5) is 11.6 Å². The molecule has 8 heteroatoms. The highest BCUT2D eigenvalue weighted by molar-refractivity contribution is 5.72. The number of aliphatic hydroxyl groups is 2. The molecular weight excluding hydrogens is 226 g/mol. The third kappa shape index (κ3) is 3.54. The minimum atomic E-state index is -1.29. The van der Waals surface area contributed by atoms with Gasteiger partial charge >= 0.3 is 0 Å². The molecule has 7 N–H and O–H groups in total. The van der Waals surface area contributed by atoms with Gasteiger partial charge in [0.15, 0.2) is 11.6 Å². The maximum absolute atomic E-state index is 10.6. The van der Waals surface area contributed by atoms with Gasteiger partial charge in [0.2, 0.25) is 5.91 Å². The fourth-order valence-corrected chi connectivity index (χ4v) is 1.13. The molecule has 2 unspecified atom stereocenters. The second kappa shape index (κ2) is 5.41. The Morgan fingerprint density at radius 1 is 1.47 bits per heavy atom. The minimum absolute atomic E-state index is 0.0201. The Morgan fingerprint density at radius 3 is 2.65 bits per heavy atom. The molecule has 1 amide bonds. The standard InChI is InChI=1S/C9H15N5O3/c1-4(15)12-3-6(16)7(17)5-2-13-8(10)9(11)14-5/h2,6-7,16-17H,3H2,1H3,(H2,10,13)(H2,11,14)(H,12,15). The number of nitrogen functional groups attached to an aromatic ring is 2. The first-order valence-corrected chi connectivity index (χ1v) is 4.90. The Kier molecular flexibility index (Phi) is 4.18. The zero-order valence-electron chi connectivity index (χ0n) is 9.29. The fourth-order valence-electron chi connectivity index (χ4n) is 1.13. The molecule has 0 spiro atoms. The molecule has 1 rings (SSSR count). The number of carbonyl (C=O) groups is 1. The summed E-state index contributed by atoms with van der Waals surface area (Å²) in [4.78, 5) is 18.1. The van der Waals surface area contributed by atoms with E-state index in [1.807, 2.05) is 0 Å². The number of nitrogens with zero attached hydrogens (tertiary/aromatic N) is 2. The number of amides is 1. The highest BCUT2D eigenvalue weighted by Crippen LogP contribution is 2.16. The highest BCUT2D eigenvalue weighted by Gasteiger charge is 2.20. The van der Waals surface area contributed by atoms with Crippen molar-refractivity contribution in [1.29, 1.82) is 0 Å². The van der Waals surface area contributed by atoms with Crippen molar-refractivity contribution in [2.75, 3.05) is 18.0 Å². The van der Waals surface area contributed by atoms with Gasteiger partial charge in [0.25, 0.3) is 0 Å². The van der Waals surface area contributed by atoms with Crippen molar-refractivity contribution in [1.82, 2.24) is 15.3 Å².